The number of fused-ring (bicyclic) bond motifs is 1. The SMILES string of the molecule is CNC(CN1CCOC2CCCCC21)(C(N)=O)C1CC1. The average molecular weight is 281 g/mol. The molecule has 0 aromatic heterocycles. The molecular formula is C15H27N3O2. The molecule has 0 spiro atoms. The second-order valence-corrected chi connectivity index (χ2v) is 6.59. The van der Waals surface area contributed by atoms with E-state index in [1.165, 1.54) is 19.3 Å². The van der Waals surface area contributed by atoms with Gasteiger partial charge in [0.1, 0.15) is 5.54 Å². The predicted octanol–water partition coefficient (Wildman–Crippen LogP) is 0.483. The van der Waals surface area contributed by atoms with Gasteiger partial charge >= 0.3 is 0 Å². The summed E-state index contributed by atoms with van der Waals surface area (Å²) >= 11 is 0. The first kappa shape index (κ1) is 14.3. The minimum atomic E-state index is -0.542. The van der Waals surface area contributed by atoms with Gasteiger partial charge in [-0.1, -0.05) is 12.8 Å². The first-order chi connectivity index (χ1) is 9.67. The molecule has 0 radical (unpaired) electrons. The third kappa shape index (κ3) is 2.47. The zero-order chi connectivity index (χ0) is 14.2. The molecule has 114 valence electrons. The fraction of sp³-hybridized carbons (Fsp3) is 0.933. The molecule has 5 nitrogen and oxygen atoms in total. The van der Waals surface area contributed by atoms with E-state index in [-0.39, 0.29) is 5.91 Å². The molecular weight excluding hydrogens is 254 g/mol. The molecule has 5 heteroatoms. The van der Waals surface area contributed by atoms with Crippen LogP contribution in [0.3, 0.4) is 0 Å². The van der Waals surface area contributed by atoms with E-state index in [1.54, 1.807) is 0 Å². The quantitative estimate of drug-likeness (QED) is 0.769. The summed E-state index contributed by atoms with van der Waals surface area (Å²) in [5.41, 5.74) is 5.21. The Bertz CT molecular complexity index is 370. The first-order valence-electron chi connectivity index (χ1n) is 8.02. The highest BCUT2D eigenvalue weighted by Gasteiger charge is 2.51. The molecule has 2 aliphatic carbocycles. The summed E-state index contributed by atoms with van der Waals surface area (Å²) in [5.74, 6) is 0.219. The summed E-state index contributed by atoms with van der Waals surface area (Å²) in [4.78, 5) is 14.5. The van der Waals surface area contributed by atoms with Crippen LogP contribution in [0.4, 0.5) is 0 Å². The van der Waals surface area contributed by atoms with Gasteiger partial charge in [-0.05, 0) is 38.6 Å². The zero-order valence-corrected chi connectivity index (χ0v) is 12.4. The fourth-order valence-electron chi connectivity index (χ4n) is 4.08. The van der Waals surface area contributed by atoms with Gasteiger partial charge in [-0.3, -0.25) is 9.69 Å². The van der Waals surface area contributed by atoms with E-state index in [0.717, 1.165) is 39.0 Å². The van der Waals surface area contributed by atoms with Crippen molar-refractivity contribution in [3.8, 4) is 0 Å². The van der Waals surface area contributed by atoms with Gasteiger partial charge in [-0.2, -0.15) is 0 Å². The number of nitrogens with zero attached hydrogens (tertiary/aromatic N) is 1. The number of carbonyl (C=O) groups excluding carboxylic acids is 1. The minimum Gasteiger partial charge on any atom is -0.375 e. The lowest BCUT2D eigenvalue weighted by molar-refractivity contribution is -0.130. The number of likely N-dealkylation sites (N-methyl/N-ethyl adjacent to an activating group) is 1. The summed E-state index contributed by atoms with van der Waals surface area (Å²) in [5, 5.41) is 3.26. The van der Waals surface area contributed by atoms with Crippen LogP contribution in [0.1, 0.15) is 38.5 Å². The third-order valence-corrected chi connectivity index (χ3v) is 5.46. The van der Waals surface area contributed by atoms with E-state index in [2.05, 4.69) is 10.2 Å². The minimum absolute atomic E-state index is 0.193. The van der Waals surface area contributed by atoms with E-state index in [1.807, 2.05) is 7.05 Å². The summed E-state index contributed by atoms with van der Waals surface area (Å²) < 4.78 is 5.92. The molecule has 1 saturated heterocycles. The number of morpholine rings is 1. The van der Waals surface area contributed by atoms with Crippen molar-refractivity contribution in [2.45, 2.75) is 56.2 Å². The number of nitrogens with one attached hydrogen (secondary N) is 1. The van der Waals surface area contributed by atoms with Crippen LogP contribution in [-0.4, -0.2) is 55.2 Å². The van der Waals surface area contributed by atoms with Gasteiger partial charge in [-0.25, -0.2) is 0 Å². The number of primary amides is 1. The molecule has 0 aromatic carbocycles. The van der Waals surface area contributed by atoms with Gasteiger partial charge in [0.2, 0.25) is 5.91 Å². The molecule has 20 heavy (non-hydrogen) atoms. The Labute approximate surface area is 121 Å². The molecule has 3 N–H and O–H groups in total. The molecule has 3 atom stereocenters. The number of amides is 1. The maximum absolute atomic E-state index is 12.1. The Morgan fingerprint density at radius 3 is 2.75 bits per heavy atom. The van der Waals surface area contributed by atoms with Crippen LogP contribution in [0.15, 0.2) is 0 Å². The van der Waals surface area contributed by atoms with Gasteiger partial charge < -0.3 is 15.8 Å². The lowest BCUT2D eigenvalue weighted by Crippen LogP contribution is -2.65. The van der Waals surface area contributed by atoms with Gasteiger partial charge in [0.15, 0.2) is 0 Å². The van der Waals surface area contributed by atoms with Crippen molar-refractivity contribution in [2.75, 3.05) is 26.7 Å². The largest absolute Gasteiger partial charge is 0.375 e. The number of carbonyl (C=O) groups is 1. The molecule has 1 amide bonds. The lowest BCUT2D eigenvalue weighted by atomic mass is 9.86. The highest BCUT2D eigenvalue weighted by Crippen LogP contribution is 2.41. The fourth-order valence-corrected chi connectivity index (χ4v) is 4.08. The molecule has 0 aromatic rings. The Morgan fingerprint density at radius 1 is 1.35 bits per heavy atom. The normalized spacial score (nSPS) is 34.2. The molecule has 3 fully saturated rings. The number of hydrogen-bond acceptors (Lipinski definition) is 4. The molecule has 1 aliphatic heterocycles. The second kappa shape index (κ2) is 5.62. The molecule has 3 unspecified atom stereocenters. The van der Waals surface area contributed by atoms with Crippen LogP contribution < -0.4 is 11.1 Å². The van der Waals surface area contributed by atoms with E-state index >= 15 is 0 Å². The Kier molecular flexibility index (Phi) is 4.02. The van der Waals surface area contributed by atoms with Gasteiger partial charge in [0.05, 0.1) is 12.7 Å². The molecule has 3 aliphatic rings. The smallest absolute Gasteiger partial charge is 0.239 e. The van der Waals surface area contributed by atoms with E-state index in [4.69, 9.17) is 10.5 Å². The van der Waals surface area contributed by atoms with Crippen molar-refractivity contribution in [3.05, 3.63) is 0 Å². The standard InChI is InChI=1S/C15H27N3O2/c1-17-15(14(16)19,11-6-7-11)10-18-8-9-20-13-5-3-2-4-12(13)18/h11-13,17H,2-10H2,1H3,(H2,16,19). The highest BCUT2D eigenvalue weighted by molar-refractivity contribution is 5.86. The van der Waals surface area contributed by atoms with Gasteiger partial charge in [-0.15, -0.1) is 0 Å². The van der Waals surface area contributed by atoms with Crippen molar-refractivity contribution in [1.82, 2.24) is 10.2 Å². The van der Waals surface area contributed by atoms with Crippen LogP contribution in [0.5, 0.6) is 0 Å². The van der Waals surface area contributed by atoms with Gasteiger partial charge in [0, 0.05) is 19.1 Å². The summed E-state index contributed by atoms with van der Waals surface area (Å²) in [6.45, 7) is 2.45. The lowest BCUT2D eigenvalue weighted by Gasteiger charge is -2.47. The van der Waals surface area contributed by atoms with E-state index in [0.29, 0.717) is 18.1 Å². The van der Waals surface area contributed by atoms with Crippen molar-refractivity contribution in [1.29, 1.82) is 0 Å². The number of ether oxygens (including phenoxy) is 1. The van der Waals surface area contributed by atoms with Crippen LogP contribution in [0.2, 0.25) is 0 Å². The van der Waals surface area contributed by atoms with Gasteiger partial charge in [0.25, 0.3) is 0 Å². The summed E-state index contributed by atoms with van der Waals surface area (Å²) in [6, 6.07) is 0.475. The topological polar surface area (TPSA) is 67.6 Å². The molecule has 3 rings (SSSR count). The Hall–Kier alpha value is -0.650. The highest BCUT2D eigenvalue weighted by atomic mass is 16.5. The van der Waals surface area contributed by atoms with E-state index in [9.17, 15) is 4.79 Å². The zero-order valence-electron chi connectivity index (χ0n) is 12.4. The first-order valence-corrected chi connectivity index (χ1v) is 8.02. The third-order valence-electron chi connectivity index (χ3n) is 5.46. The molecule has 1 heterocycles. The number of rotatable bonds is 5. The maximum atomic E-state index is 12.1. The molecule has 0 bridgehead atoms. The van der Waals surface area contributed by atoms with E-state index < -0.39 is 5.54 Å². The predicted molar refractivity (Wildman–Crippen MR) is 77.3 cm³/mol. The van der Waals surface area contributed by atoms with Crippen LogP contribution in [-0.2, 0) is 9.53 Å². The average Bonchev–Trinajstić information content (AvgIpc) is 3.29. The number of hydrogen-bond donors (Lipinski definition) is 2. The maximum Gasteiger partial charge on any atom is 0.239 e. The monoisotopic (exact) mass is 281 g/mol. The van der Waals surface area contributed by atoms with Crippen molar-refractivity contribution in [2.24, 2.45) is 11.7 Å². The summed E-state index contributed by atoms with van der Waals surface area (Å²) in [7, 11) is 1.88. The van der Waals surface area contributed by atoms with Crippen LogP contribution in [0.25, 0.3) is 0 Å². The molecule has 2 saturated carbocycles. The van der Waals surface area contributed by atoms with Crippen molar-refractivity contribution in [3.63, 3.8) is 0 Å². The summed E-state index contributed by atoms with van der Waals surface area (Å²) in [6.07, 6.45) is 7.48. The number of nitrogens with two attached hydrogens (primary N) is 1. The Balaban J connectivity index is 1.75. The van der Waals surface area contributed by atoms with Crippen LogP contribution >= 0.6 is 0 Å². The Morgan fingerprint density at radius 2 is 2.10 bits per heavy atom. The van der Waals surface area contributed by atoms with Crippen LogP contribution in [0, 0.1) is 5.92 Å². The second-order valence-electron chi connectivity index (χ2n) is 6.59. The van der Waals surface area contributed by atoms with Crippen molar-refractivity contribution >= 4 is 5.91 Å². The van der Waals surface area contributed by atoms with Crippen molar-refractivity contribution < 1.29 is 9.53 Å².